The maximum absolute atomic E-state index is 12.1. The van der Waals surface area contributed by atoms with E-state index in [0.29, 0.717) is 25.6 Å². The van der Waals surface area contributed by atoms with Gasteiger partial charge in [-0.3, -0.25) is 4.79 Å². The second-order valence-electron chi connectivity index (χ2n) is 3.45. The van der Waals surface area contributed by atoms with Gasteiger partial charge in [0.15, 0.2) is 5.78 Å². The van der Waals surface area contributed by atoms with Gasteiger partial charge in [0.05, 0.1) is 10.0 Å². The molecule has 17 heavy (non-hydrogen) atoms. The summed E-state index contributed by atoms with van der Waals surface area (Å²) in [7, 11) is 0. The Balaban J connectivity index is 2.45. The van der Waals surface area contributed by atoms with Crippen molar-refractivity contribution < 1.29 is 4.79 Å². The molecule has 0 radical (unpaired) electrons. The van der Waals surface area contributed by atoms with Gasteiger partial charge in [0.25, 0.3) is 0 Å². The van der Waals surface area contributed by atoms with Crippen molar-refractivity contribution in [3.05, 3.63) is 68.1 Å². The van der Waals surface area contributed by atoms with E-state index in [1.165, 1.54) is 0 Å². The molecular weight excluding hydrogens is 323 g/mol. The van der Waals surface area contributed by atoms with E-state index in [-0.39, 0.29) is 5.78 Å². The lowest BCUT2D eigenvalue weighted by Gasteiger charge is -2.05. The molecule has 0 unspecified atom stereocenters. The summed E-state index contributed by atoms with van der Waals surface area (Å²) in [4.78, 5) is 12.1. The zero-order valence-electron chi connectivity index (χ0n) is 8.58. The van der Waals surface area contributed by atoms with Gasteiger partial charge < -0.3 is 0 Å². The average molecular weight is 330 g/mol. The number of ketones is 1. The van der Waals surface area contributed by atoms with Gasteiger partial charge in [-0.05, 0) is 28.1 Å². The van der Waals surface area contributed by atoms with E-state index in [4.69, 9.17) is 23.2 Å². The van der Waals surface area contributed by atoms with Crippen LogP contribution in [0, 0.1) is 0 Å². The molecule has 4 heteroatoms. The number of carbonyl (C=O) groups excluding carboxylic acids is 1. The highest BCUT2D eigenvalue weighted by molar-refractivity contribution is 9.10. The second-order valence-corrected chi connectivity index (χ2v) is 5.09. The highest BCUT2D eigenvalue weighted by Gasteiger charge is 2.12. The van der Waals surface area contributed by atoms with Crippen molar-refractivity contribution in [2.75, 3.05) is 0 Å². The number of halogens is 3. The average Bonchev–Trinajstić information content (AvgIpc) is 2.35. The molecule has 2 aromatic rings. The van der Waals surface area contributed by atoms with Crippen LogP contribution in [0.25, 0.3) is 0 Å². The molecule has 0 aliphatic heterocycles. The molecule has 0 aromatic heterocycles. The maximum atomic E-state index is 12.1. The highest BCUT2D eigenvalue weighted by Crippen LogP contribution is 2.32. The Hall–Kier alpha value is -0.830. The van der Waals surface area contributed by atoms with Crippen LogP contribution in [-0.4, -0.2) is 5.78 Å². The summed E-state index contributed by atoms with van der Waals surface area (Å²) in [6.45, 7) is 0. The Kier molecular flexibility index (Phi) is 3.87. The first-order valence-corrected chi connectivity index (χ1v) is 6.39. The van der Waals surface area contributed by atoms with Crippen molar-refractivity contribution in [2.45, 2.75) is 0 Å². The summed E-state index contributed by atoms with van der Waals surface area (Å²) >= 11 is 15.1. The quantitative estimate of drug-likeness (QED) is 0.560. The van der Waals surface area contributed by atoms with Gasteiger partial charge >= 0.3 is 0 Å². The number of rotatable bonds is 2. The van der Waals surface area contributed by atoms with E-state index in [0.717, 1.165) is 0 Å². The lowest BCUT2D eigenvalue weighted by atomic mass is 10.0. The fourth-order valence-electron chi connectivity index (χ4n) is 1.44. The van der Waals surface area contributed by atoms with Crippen molar-refractivity contribution >= 4 is 44.9 Å². The maximum Gasteiger partial charge on any atom is 0.193 e. The molecule has 0 fully saturated rings. The zero-order valence-corrected chi connectivity index (χ0v) is 11.7. The van der Waals surface area contributed by atoms with Crippen LogP contribution in [0.15, 0.2) is 46.9 Å². The summed E-state index contributed by atoms with van der Waals surface area (Å²) in [5.41, 5.74) is 1.13. The summed E-state index contributed by atoms with van der Waals surface area (Å²) in [6.07, 6.45) is 0. The molecule has 0 aliphatic rings. The minimum Gasteiger partial charge on any atom is -0.289 e. The predicted molar refractivity (Wildman–Crippen MR) is 74.0 cm³/mol. The molecule has 0 saturated heterocycles. The third-order valence-corrected chi connectivity index (χ3v) is 3.94. The standard InChI is InChI=1S/C13H7BrCl2O/c14-10-6-9(7-11(15)12(10)16)13(17)8-4-2-1-3-5-8/h1-7H. The van der Waals surface area contributed by atoms with E-state index in [9.17, 15) is 4.79 Å². The van der Waals surface area contributed by atoms with Crippen LogP contribution in [0.3, 0.4) is 0 Å². The number of carbonyl (C=O) groups is 1. The first kappa shape index (κ1) is 12.6. The topological polar surface area (TPSA) is 17.1 Å². The molecular formula is C13H7BrCl2O. The van der Waals surface area contributed by atoms with Crippen molar-refractivity contribution in [1.82, 2.24) is 0 Å². The smallest absolute Gasteiger partial charge is 0.193 e. The molecule has 1 nitrogen and oxygen atoms in total. The molecule has 0 atom stereocenters. The van der Waals surface area contributed by atoms with Gasteiger partial charge in [0.2, 0.25) is 0 Å². The molecule has 0 spiro atoms. The normalized spacial score (nSPS) is 10.3. The second kappa shape index (κ2) is 5.21. The molecule has 0 saturated carbocycles. The molecule has 0 heterocycles. The lowest BCUT2D eigenvalue weighted by Crippen LogP contribution is -2.01. The summed E-state index contributed by atoms with van der Waals surface area (Å²) in [5.74, 6) is -0.0788. The van der Waals surface area contributed by atoms with Gasteiger partial charge in [0, 0.05) is 15.6 Å². The highest BCUT2D eigenvalue weighted by atomic mass is 79.9. The fraction of sp³-hybridized carbons (Fsp3) is 0. The third kappa shape index (κ3) is 2.71. The Bertz CT molecular complexity index is 544. The minimum absolute atomic E-state index is 0.0788. The SMILES string of the molecule is O=C(c1ccccc1)c1cc(Cl)c(Cl)c(Br)c1. The monoisotopic (exact) mass is 328 g/mol. The Labute approximate surface area is 117 Å². The van der Waals surface area contributed by atoms with Crippen LogP contribution in [0.4, 0.5) is 0 Å². The number of hydrogen-bond acceptors (Lipinski definition) is 1. The third-order valence-electron chi connectivity index (χ3n) is 2.28. The van der Waals surface area contributed by atoms with Gasteiger partial charge in [-0.2, -0.15) is 0 Å². The van der Waals surface area contributed by atoms with Crippen LogP contribution >= 0.6 is 39.1 Å². The van der Waals surface area contributed by atoms with Crippen LogP contribution in [0.1, 0.15) is 15.9 Å². The Morgan fingerprint density at radius 1 is 1.00 bits per heavy atom. The first-order valence-electron chi connectivity index (χ1n) is 4.84. The minimum atomic E-state index is -0.0788. The van der Waals surface area contributed by atoms with Gasteiger partial charge in [-0.25, -0.2) is 0 Å². The van der Waals surface area contributed by atoms with Crippen LogP contribution in [-0.2, 0) is 0 Å². The van der Waals surface area contributed by atoms with Gasteiger partial charge in [0.1, 0.15) is 0 Å². The van der Waals surface area contributed by atoms with Crippen molar-refractivity contribution in [2.24, 2.45) is 0 Å². The van der Waals surface area contributed by atoms with E-state index < -0.39 is 0 Å². The molecule has 0 N–H and O–H groups in total. The summed E-state index contributed by atoms with van der Waals surface area (Å²) < 4.78 is 0.617. The molecule has 86 valence electrons. The molecule has 0 amide bonds. The van der Waals surface area contributed by atoms with E-state index in [2.05, 4.69) is 15.9 Å². The molecule has 0 bridgehead atoms. The lowest BCUT2D eigenvalue weighted by molar-refractivity contribution is 0.103. The van der Waals surface area contributed by atoms with E-state index >= 15 is 0 Å². The van der Waals surface area contributed by atoms with E-state index in [1.54, 1.807) is 24.3 Å². The molecule has 0 aliphatic carbocycles. The van der Waals surface area contributed by atoms with Crippen LogP contribution in [0.2, 0.25) is 10.0 Å². The summed E-state index contributed by atoms with van der Waals surface area (Å²) in [6, 6.07) is 12.3. The van der Waals surface area contributed by atoms with Gasteiger partial charge in [-0.1, -0.05) is 53.5 Å². The fourth-order valence-corrected chi connectivity index (χ4v) is 2.35. The van der Waals surface area contributed by atoms with Crippen molar-refractivity contribution in [1.29, 1.82) is 0 Å². The zero-order chi connectivity index (χ0) is 12.4. The number of benzene rings is 2. The van der Waals surface area contributed by atoms with E-state index in [1.807, 2.05) is 18.2 Å². The van der Waals surface area contributed by atoms with Crippen molar-refractivity contribution in [3.63, 3.8) is 0 Å². The van der Waals surface area contributed by atoms with Crippen molar-refractivity contribution in [3.8, 4) is 0 Å². The molecule has 2 aromatic carbocycles. The molecule has 2 rings (SSSR count). The van der Waals surface area contributed by atoms with Crippen LogP contribution < -0.4 is 0 Å². The van der Waals surface area contributed by atoms with Gasteiger partial charge in [-0.15, -0.1) is 0 Å². The number of hydrogen-bond donors (Lipinski definition) is 0. The largest absolute Gasteiger partial charge is 0.289 e. The Morgan fingerprint density at radius 2 is 1.65 bits per heavy atom. The summed E-state index contributed by atoms with van der Waals surface area (Å²) in [5, 5.41) is 0.775. The Morgan fingerprint density at radius 3 is 2.24 bits per heavy atom. The first-order chi connectivity index (χ1) is 8.09. The predicted octanol–water partition coefficient (Wildman–Crippen LogP) is 4.99. The van der Waals surface area contributed by atoms with Crippen LogP contribution in [0.5, 0.6) is 0 Å².